The normalized spacial score (nSPS) is 18.5. The third-order valence-electron chi connectivity index (χ3n) is 4.56. The molecule has 0 saturated carbocycles. The van der Waals surface area contributed by atoms with Crippen LogP contribution in [0.25, 0.3) is 0 Å². The quantitative estimate of drug-likeness (QED) is 0.395. The zero-order valence-electron chi connectivity index (χ0n) is 15.5. The van der Waals surface area contributed by atoms with Crippen molar-refractivity contribution in [2.24, 2.45) is 10.9 Å². The molecular weight excluding hydrogens is 456 g/mol. The van der Waals surface area contributed by atoms with Gasteiger partial charge in [-0.15, -0.1) is 24.0 Å². The van der Waals surface area contributed by atoms with Gasteiger partial charge in [0.05, 0.1) is 6.54 Å². The molecule has 0 amide bonds. The number of nitrogens with one attached hydrogen (secondary N) is 1. The summed E-state index contributed by atoms with van der Waals surface area (Å²) < 4.78 is 37.4. The Kier molecular flexibility index (Phi) is 9.15. The summed E-state index contributed by atoms with van der Waals surface area (Å²) in [6.07, 6.45) is -3.34. The molecule has 1 N–H and O–H groups in total. The first kappa shape index (κ1) is 23.0. The van der Waals surface area contributed by atoms with Crippen LogP contribution in [-0.4, -0.2) is 62.2 Å². The van der Waals surface area contributed by atoms with E-state index in [0.29, 0.717) is 19.6 Å². The molecule has 1 saturated heterocycles. The maximum absolute atomic E-state index is 12.5. The topological polar surface area (TPSA) is 30.9 Å². The molecule has 2 rings (SSSR count). The summed E-state index contributed by atoms with van der Waals surface area (Å²) in [5, 5.41) is 3.30. The van der Waals surface area contributed by atoms with Crippen molar-refractivity contribution < 1.29 is 13.2 Å². The van der Waals surface area contributed by atoms with Gasteiger partial charge in [-0.3, -0.25) is 9.89 Å². The number of benzene rings is 1. The zero-order chi connectivity index (χ0) is 18.4. The van der Waals surface area contributed by atoms with Crippen LogP contribution in [-0.2, 0) is 6.54 Å². The molecule has 1 aromatic carbocycles. The van der Waals surface area contributed by atoms with Crippen molar-refractivity contribution >= 4 is 29.9 Å². The number of hydrogen-bond donors (Lipinski definition) is 1. The van der Waals surface area contributed by atoms with Crippen molar-refractivity contribution in [2.75, 3.05) is 40.3 Å². The van der Waals surface area contributed by atoms with Crippen molar-refractivity contribution in [1.82, 2.24) is 15.1 Å². The van der Waals surface area contributed by atoms with Crippen molar-refractivity contribution in [3.63, 3.8) is 0 Å². The molecule has 1 heterocycles. The molecule has 26 heavy (non-hydrogen) atoms. The number of aryl methyl sites for hydroxylation is 1. The van der Waals surface area contributed by atoms with Gasteiger partial charge in [0.1, 0.15) is 0 Å². The van der Waals surface area contributed by atoms with Crippen molar-refractivity contribution in [3.8, 4) is 0 Å². The summed E-state index contributed by atoms with van der Waals surface area (Å²) in [5.74, 6) is 0.975. The van der Waals surface area contributed by atoms with Crippen LogP contribution in [0.3, 0.4) is 0 Å². The van der Waals surface area contributed by atoms with Crippen LogP contribution in [0, 0.1) is 12.8 Å². The van der Waals surface area contributed by atoms with Crippen molar-refractivity contribution in [3.05, 3.63) is 35.4 Å². The summed E-state index contributed by atoms with van der Waals surface area (Å²) >= 11 is 0. The maximum atomic E-state index is 12.5. The molecule has 4 nitrogen and oxygen atoms in total. The highest BCUT2D eigenvalue weighted by Crippen LogP contribution is 2.22. The second-order valence-electron chi connectivity index (χ2n) is 6.72. The van der Waals surface area contributed by atoms with E-state index in [0.717, 1.165) is 18.9 Å². The van der Waals surface area contributed by atoms with Gasteiger partial charge in [0, 0.05) is 33.7 Å². The number of alkyl halides is 3. The molecule has 1 fully saturated rings. The molecular formula is C18H28F3IN4. The summed E-state index contributed by atoms with van der Waals surface area (Å²) in [5.41, 5.74) is 2.45. The first-order valence-corrected chi connectivity index (χ1v) is 8.54. The van der Waals surface area contributed by atoms with Gasteiger partial charge in [0.15, 0.2) is 5.96 Å². The molecule has 0 radical (unpaired) electrons. The van der Waals surface area contributed by atoms with Crippen LogP contribution >= 0.6 is 24.0 Å². The number of likely N-dealkylation sites (tertiary alicyclic amines) is 1. The van der Waals surface area contributed by atoms with E-state index in [2.05, 4.69) is 29.4 Å². The van der Waals surface area contributed by atoms with Crippen LogP contribution in [0.15, 0.2) is 29.3 Å². The Labute approximate surface area is 170 Å². The first-order valence-electron chi connectivity index (χ1n) is 8.54. The molecule has 1 aromatic rings. The Bertz CT molecular complexity index is 592. The Morgan fingerprint density at radius 2 is 2.04 bits per heavy atom. The third kappa shape index (κ3) is 7.30. The van der Waals surface area contributed by atoms with Gasteiger partial charge in [-0.05, 0) is 36.9 Å². The maximum Gasteiger partial charge on any atom is 0.401 e. The molecule has 0 bridgehead atoms. The Hall–Kier alpha value is -1.03. The number of rotatable bonds is 5. The fraction of sp³-hybridized carbons (Fsp3) is 0.611. The number of nitrogens with zero attached hydrogens (tertiary/aromatic N) is 3. The summed E-state index contributed by atoms with van der Waals surface area (Å²) in [7, 11) is 3.69. The SMILES string of the molecule is CN=C(NCC1CCN(CC(F)(F)F)C1)N(C)Cc1ccccc1C.I. The van der Waals surface area contributed by atoms with Crippen molar-refractivity contribution in [1.29, 1.82) is 0 Å². The van der Waals surface area contributed by atoms with E-state index in [1.54, 1.807) is 7.05 Å². The lowest BCUT2D eigenvalue weighted by Gasteiger charge is -2.24. The van der Waals surface area contributed by atoms with Crippen LogP contribution in [0.4, 0.5) is 13.2 Å². The number of halogens is 4. The largest absolute Gasteiger partial charge is 0.401 e. The van der Waals surface area contributed by atoms with Gasteiger partial charge in [-0.2, -0.15) is 13.2 Å². The molecule has 1 atom stereocenters. The monoisotopic (exact) mass is 484 g/mol. The number of hydrogen-bond acceptors (Lipinski definition) is 2. The third-order valence-corrected chi connectivity index (χ3v) is 4.56. The average molecular weight is 484 g/mol. The fourth-order valence-electron chi connectivity index (χ4n) is 3.21. The van der Waals surface area contributed by atoms with Gasteiger partial charge in [0.2, 0.25) is 0 Å². The second kappa shape index (κ2) is 10.3. The van der Waals surface area contributed by atoms with Gasteiger partial charge < -0.3 is 10.2 Å². The van der Waals surface area contributed by atoms with Crippen LogP contribution in [0.5, 0.6) is 0 Å². The highest BCUT2D eigenvalue weighted by molar-refractivity contribution is 14.0. The summed E-state index contributed by atoms with van der Waals surface area (Å²) in [4.78, 5) is 7.80. The minimum atomic E-state index is -4.12. The Morgan fingerprint density at radius 1 is 1.35 bits per heavy atom. The van der Waals surface area contributed by atoms with E-state index in [1.165, 1.54) is 16.0 Å². The molecule has 0 spiro atoms. The summed E-state index contributed by atoms with van der Waals surface area (Å²) in [6, 6.07) is 8.19. The lowest BCUT2D eigenvalue weighted by molar-refractivity contribution is -0.143. The van der Waals surface area contributed by atoms with Crippen LogP contribution in [0.2, 0.25) is 0 Å². The predicted molar refractivity (Wildman–Crippen MR) is 110 cm³/mol. The van der Waals surface area contributed by atoms with Gasteiger partial charge in [-0.1, -0.05) is 24.3 Å². The van der Waals surface area contributed by atoms with Crippen molar-refractivity contribution in [2.45, 2.75) is 26.1 Å². The molecule has 148 valence electrons. The van der Waals surface area contributed by atoms with Crippen LogP contribution in [0.1, 0.15) is 17.5 Å². The van der Waals surface area contributed by atoms with E-state index in [1.807, 2.05) is 24.1 Å². The Balaban J connectivity index is 0.00000338. The number of aliphatic imine (C=N–C) groups is 1. The van der Waals surface area contributed by atoms with E-state index >= 15 is 0 Å². The average Bonchev–Trinajstić information content (AvgIpc) is 2.95. The molecule has 1 aliphatic rings. The van der Waals surface area contributed by atoms with E-state index < -0.39 is 12.7 Å². The standard InChI is InChI=1S/C18H27F3N4.HI/c1-14-6-4-5-7-16(14)12-24(3)17(22-2)23-10-15-8-9-25(11-15)13-18(19,20)21;/h4-7,15H,8-13H2,1-3H3,(H,22,23);1H. The predicted octanol–water partition coefficient (Wildman–Crippen LogP) is 3.50. The fourth-order valence-corrected chi connectivity index (χ4v) is 3.21. The smallest absolute Gasteiger partial charge is 0.356 e. The minimum Gasteiger partial charge on any atom is -0.356 e. The van der Waals surface area contributed by atoms with Gasteiger partial charge in [-0.25, -0.2) is 0 Å². The minimum absolute atomic E-state index is 0. The van der Waals surface area contributed by atoms with Gasteiger partial charge in [0.25, 0.3) is 0 Å². The van der Waals surface area contributed by atoms with Crippen LogP contribution < -0.4 is 5.32 Å². The highest BCUT2D eigenvalue weighted by atomic mass is 127. The Morgan fingerprint density at radius 3 is 2.65 bits per heavy atom. The molecule has 1 unspecified atom stereocenters. The van der Waals surface area contributed by atoms with E-state index in [4.69, 9.17) is 0 Å². The number of guanidine groups is 1. The molecule has 8 heteroatoms. The molecule has 0 aliphatic carbocycles. The van der Waals surface area contributed by atoms with E-state index in [9.17, 15) is 13.2 Å². The lowest BCUT2D eigenvalue weighted by Crippen LogP contribution is -2.41. The second-order valence-corrected chi connectivity index (χ2v) is 6.72. The van der Waals surface area contributed by atoms with E-state index in [-0.39, 0.29) is 29.9 Å². The highest BCUT2D eigenvalue weighted by Gasteiger charge is 2.34. The summed E-state index contributed by atoms with van der Waals surface area (Å²) in [6.45, 7) is 3.61. The lowest BCUT2D eigenvalue weighted by atomic mass is 10.1. The van der Waals surface area contributed by atoms with Gasteiger partial charge >= 0.3 is 6.18 Å². The molecule has 0 aromatic heterocycles. The zero-order valence-corrected chi connectivity index (χ0v) is 17.8. The molecule has 1 aliphatic heterocycles. The first-order chi connectivity index (χ1) is 11.8.